The minimum absolute atomic E-state index is 0.244. The summed E-state index contributed by atoms with van der Waals surface area (Å²) in [7, 11) is -1.60. The molecule has 3 aromatic rings. The molecule has 0 atom stereocenters. The number of nitrogens with zero attached hydrogens (tertiary/aromatic N) is 1. The summed E-state index contributed by atoms with van der Waals surface area (Å²) in [6.07, 6.45) is 2.11. The van der Waals surface area contributed by atoms with E-state index in [1.54, 1.807) is 43.3 Å². The van der Waals surface area contributed by atoms with Gasteiger partial charge in [-0.3, -0.25) is 9.52 Å². The van der Waals surface area contributed by atoms with Crippen LogP contribution in [0.15, 0.2) is 71.6 Å². The number of likely N-dealkylation sites (tertiary alicyclic amines) is 1. The Morgan fingerprint density at radius 3 is 2.26 bits per heavy atom. The fourth-order valence-corrected chi connectivity index (χ4v) is 5.57. The highest BCUT2D eigenvalue weighted by Gasteiger charge is 2.19. The molecular formula is C27H32N4O3S. The predicted molar refractivity (Wildman–Crippen MR) is 142 cm³/mol. The number of nitrogens with one attached hydrogen (secondary N) is 3. The lowest BCUT2D eigenvalue weighted by Crippen LogP contribution is -2.36. The van der Waals surface area contributed by atoms with Crippen LogP contribution in [0.25, 0.3) is 0 Å². The van der Waals surface area contributed by atoms with Crippen molar-refractivity contribution in [1.82, 2.24) is 4.90 Å². The van der Waals surface area contributed by atoms with Crippen LogP contribution in [0.5, 0.6) is 0 Å². The van der Waals surface area contributed by atoms with Gasteiger partial charge in [-0.1, -0.05) is 24.3 Å². The largest absolute Gasteiger partial charge is 0.381 e. The van der Waals surface area contributed by atoms with E-state index in [9.17, 15) is 13.2 Å². The Morgan fingerprint density at radius 2 is 1.57 bits per heavy atom. The number of rotatable bonds is 7. The first kappa shape index (κ1) is 24.8. The number of para-hydroxylation sites is 2. The van der Waals surface area contributed by atoms with Gasteiger partial charge in [-0.25, -0.2) is 8.42 Å². The summed E-state index contributed by atoms with van der Waals surface area (Å²) in [4.78, 5) is 15.5. The summed E-state index contributed by atoms with van der Waals surface area (Å²) in [6, 6.07) is 19.8. The first-order valence-electron chi connectivity index (χ1n) is 11.8. The van der Waals surface area contributed by atoms with Gasteiger partial charge in [0.25, 0.3) is 15.9 Å². The molecule has 0 aliphatic carbocycles. The molecule has 0 spiro atoms. The van der Waals surface area contributed by atoms with E-state index in [1.807, 2.05) is 37.3 Å². The average molecular weight is 493 g/mol. The molecule has 0 aromatic heterocycles. The molecule has 1 saturated heterocycles. The second-order valence-electron chi connectivity index (χ2n) is 9.17. The molecule has 0 saturated carbocycles. The predicted octanol–water partition coefficient (Wildman–Crippen LogP) is 4.86. The molecule has 1 heterocycles. The topological polar surface area (TPSA) is 90.5 Å². The number of sulfonamides is 1. The standard InChI is InChI=1S/C27H32N4O3S/c1-19-8-9-20(2)26(18-19)35(33,34)30-23-12-10-21(11-13-23)27(32)29-25-7-5-4-6-24(25)28-22-14-16-31(3)17-15-22/h4-13,18,22,28,30H,14-17H2,1-3H3,(H,29,32). The average Bonchev–Trinajstić information content (AvgIpc) is 2.83. The minimum atomic E-state index is -3.73. The summed E-state index contributed by atoms with van der Waals surface area (Å²) in [5, 5.41) is 6.55. The van der Waals surface area contributed by atoms with Crippen molar-refractivity contribution in [2.75, 3.05) is 35.5 Å². The zero-order valence-corrected chi connectivity index (χ0v) is 21.2. The molecule has 0 unspecified atom stereocenters. The van der Waals surface area contributed by atoms with Crippen molar-refractivity contribution in [3.63, 3.8) is 0 Å². The zero-order chi connectivity index (χ0) is 25.0. The SMILES string of the molecule is Cc1ccc(C)c(S(=O)(=O)Nc2ccc(C(=O)Nc3ccccc3NC3CCN(C)CC3)cc2)c1. The van der Waals surface area contributed by atoms with Crippen LogP contribution in [0.3, 0.4) is 0 Å². The van der Waals surface area contributed by atoms with Gasteiger partial charge in [0.2, 0.25) is 0 Å². The van der Waals surface area contributed by atoms with E-state index >= 15 is 0 Å². The highest BCUT2D eigenvalue weighted by atomic mass is 32.2. The van der Waals surface area contributed by atoms with E-state index in [0.717, 1.165) is 42.9 Å². The van der Waals surface area contributed by atoms with Gasteiger partial charge in [0.1, 0.15) is 0 Å². The van der Waals surface area contributed by atoms with Crippen molar-refractivity contribution in [3.8, 4) is 0 Å². The van der Waals surface area contributed by atoms with Crippen LogP contribution < -0.4 is 15.4 Å². The van der Waals surface area contributed by atoms with Gasteiger partial charge in [-0.15, -0.1) is 0 Å². The Bertz CT molecular complexity index is 1300. The Morgan fingerprint density at radius 1 is 0.914 bits per heavy atom. The second kappa shape index (κ2) is 10.5. The molecule has 35 heavy (non-hydrogen) atoms. The molecule has 1 amide bonds. The van der Waals surface area contributed by atoms with Gasteiger partial charge in [0.15, 0.2) is 0 Å². The molecule has 1 aliphatic rings. The van der Waals surface area contributed by atoms with Crippen molar-refractivity contribution in [1.29, 1.82) is 0 Å². The number of piperidine rings is 1. The molecule has 8 heteroatoms. The van der Waals surface area contributed by atoms with Crippen LogP contribution >= 0.6 is 0 Å². The third-order valence-electron chi connectivity index (χ3n) is 6.29. The molecule has 0 bridgehead atoms. The number of carbonyl (C=O) groups excluding carboxylic acids is 1. The third kappa shape index (κ3) is 6.21. The molecule has 3 aromatic carbocycles. The van der Waals surface area contributed by atoms with Crippen LogP contribution in [0.4, 0.5) is 17.1 Å². The van der Waals surface area contributed by atoms with Crippen molar-refractivity contribution >= 4 is 33.0 Å². The van der Waals surface area contributed by atoms with Gasteiger partial charge in [-0.2, -0.15) is 0 Å². The first-order valence-corrected chi connectivity index (χ1v) is 13.3. The van der Waals surface area contributed by atoms with E-state index in [4.69, 9.17) is 0 Å². The van der Waals surface area contributed by atoms with Gasteiger partial charge < -0.3 is 15.5 Å². The Hall–Kier alpha value is -3.36. The quantitative estimate of drug-likeness (QED) is 0.438. The van der Waals surface area contributed by atoms with Gasteiger partial charge in [0, 0.05) is 17.3 Å². The maximum absolute atomic E-state index is 12.9. The van der Waals surface area contributed by atoms with E-state index < -0.39 is 10.0 Å². The lowest BCUT2D eigenvalue weighted by atomic mass is 10.0. The van der Waals surface area contributed by atoms with Crippen LogP contribution in [-0.4, -0.2) is 45.4 Å². The highest BCUT2D eigenvalue weighted by Crippen LogP contribution is 2.26. The molecule has 1 fully saturated rings. The number of hydrogen-bond acceptors (Lipinski definition) is 5. The normalized spacial score (nSPS) is 14.9. The Balaban J connectivity index is 1.43. The number of benzene rings is 3. The van der Waals surface area contributed by atoms with E-state index in [-0.39, 0.29) is 10.8 Å². The van der Waals surface area contributed by atoms with Gasteiger partial charge in [-0.05, 0) is 100 Å². The number of amides is 1. The van der Waals surface area contributed by atoms with Gasteiger partial charge >= 0.3 is 0 Å². The van der Waals surface area contributed by atoms with Crippen molar-refractivity contribution in [2.24, 2.45) is 0 Å². The molecule has 7 nitrogen and oxygen atoms in total. The van der Waals surface area contributed by atoms with Crippen LogP contribution in [-0.2, 0) is 10.0 Å². The first-order chi connectivity index (χ1) is 16.7. The molecule has 3 N–H and O–H groups in total. The van der Waals surface area contributed by atoms with Crippen LogP contribution in [0.2, 0.25) is 0 Å². The summed E-state index contributed by atoms with van der Waals surface area (Å²) in [5.74, 6) is -0.258. The molecule has 0 radical (unpaired) electrons. The number of anilines is 3. The van der Waals surface area contributed by atoms with E-state index in [0.29, 0.717) is 22.9 Å². The minimum Gasteiger partial charge on any atom is -0.381 e. The molecule has 1 aliphatic heterocycles. The summed E-state index contributed by atoms with van der Waals surface area (Å²) in [6.45, 7) is 5.71. The maximum Gasteiger partial charge on any atom is 0.262 e. The van der Waals surface area contributed by atoms with Crippen molar-refractivity contribution in [3.05, 3.63) is 83.4 Å². The molecular weight excluding hydrogens is 460 g/mol. The fraction of sp³-hybridized carbons (Fsp3) is 0.296. The number of carbonyl (C=O) groups is 1. The summed E-state index contributed by atoms with van der Waals surface area (Å²) >= 11 is 0. The summed E-state index contributed by atoms with van der Waals surface area (Å²) < 4.78 is 28.3. The molecule has 184 valence electrons. The summed E-state index contributed by atoms with van der Waals surface area (Å²) in [5.41, 5.74) is 3.99. The monoisotopic (exact) mass is 492 g/mol. The fourth-order valence-electron chi connectivity index (χ4n) is 4.18. The van der Waals surface area contributed by atoms with Crippen LogP contribution in [0, 0.1) is 13.8 Å². The third-order valence-corrected chi connectivity index (χ3v) is 7.81. The Labute approximate surface area is 207 Å². The lowest BCUT2D eigenvalue weighted by molar-refractivity contribution is 0.102. The number of aryl methyl sites for hydroxylation is 2. The van der Waals surface area contributed by atoms with Crippen molar-refractivity contribution in [2.45, 2.75) is 37.6 Å². The molecule has 4 rings (SSSR count). The van der Waals surface area contributed by atoms with E-state index in [2.05, 4.69) is 27.3 Å². The highest BCUT2D eigenvalue weighted by molar-refractivity contribution is 7.92. The van der Waals surface area contributed by atoms with E-state index in [1.165, 1.54) is 0 Å². The van der Waals surface area contributed by atoms with Gasteiger partial charge in [0.05, 0.1) is 16.3 Å². The smallest absolute Gasteiger partial charge is 0.262 e. The zero-order valence-electron chi connectivity index (χ0n) is 20.3. The lowest BCUT2D eigenvalue weighted by Gasteiger charge is -2.30. The van der Waals surface area contributed by atoms with Crippen molar-refractivity contribution < 1.29 is 13.2 Å². The second-order valence-corrected chi connectivity index (χ2v) is 10.8. The van der Waals surface area contributed by atoms with Crippen LogP contribution in [0.1, 0.15) is 34.3 Å². The Kier molecular flexibility index (Phi) is 7.42. The number of hydrogen-bond donors (Lipinski definition) is 3. The maximum atomic E-state index is 12.9.